The van der Waals surface area contributed by atoms with Crippen LogP contribution in [0, 0.1) is 19.8 Å². The van der Waals surface area contributed by atoms with Crippen LogP contribution in [0.2, 0.25) is 0 Å². The fourth-order valence-electron chi connectivity index (χ4n) is 4.26. The zero-order chi connectivity index (χ0) is 22.1. The number of H-pyrrole nitrogens is 1. The number of benzene rings is 2. The summed E-state index contributed by atoms with van der Waals surface area (Å²) in [5, 5.41) is 1.23. The molecule has 32 heavy (non-hydrogen) atoms. The highest BCUT2D eigenvalue weighted by Crippen LogP contribution is 2.31. The first-order valence-electron chi connectivity index (χ1n) is 11.3. The Kier molecular flexibility index (Phi) is 5.48. The molecule has 2 aromatic heterocycles. The summed E-state index contributed by atoms with van der Waals surface area (Å²) >= 11 is 0. The first-order valence-corrected chi connectivity index (χ1v) is 11.3. The van der Waals surface area contributed by atoms with Gasteiger partial charge in [-0.1, -0.05) is 30.3 Å². The Morgan fingerprint density at radius 2 is 1.97 bits per heavy atom. The lowest BCUT2D eigenvalue weighted by molar-refractivity contribution is 0.0749. The topological polar surface area (TPSA) is 61.9 Å². The Bertz CT molecular complexity index is 1270. The third kappa shape index (κ3) is 4.15. The molecular formula is C27H28N4O. The molecular weight excluding hydrogens is 396 g/mol. The van der Waals surface area contributed by atoms with Crippen molar-refractivity contribution in [3.8, 4) is 11.3 Å². The molecule has 1 amide bonds. The minimum atomic E-state index is 0.0190. The molecule has 0 spiro atoms. The summed E-state index contributed by atoms with van der Waals surface area (Å²) in [6, 6.07) is 14.5. The molecule has 1 saturated carbocycles. The van der Waals surface area contributed by atoms with Gasteiger partial charge >= 0.3 is 0 Å². The van der Waals surface area contributed by atoms with E-state index in [4.69, 9.17) is 0 Å². The van der Waals surface area contributed by atoms with Crippen LogP contribution in [0.4, 0.5) is 0 Å². The number of hydrogen-bond acceptors (Lipinski definition) is 3. The fraction of sp³-hybridized carbons (Fsp3) is 0.296. The predicted octanol–water partition coefficient (Wildman–Crippen LogP) is 5.34. The van der Waals surface area contributed by atoms with E-state index in [2.05, 4.69) is 65.3 Å². The van der Waals surface area contributed by atoms with Crippen LogP contribution < -0.4 is 0 Å². The lowest BCUT2D eigenvalue weighted by atomic mass is 10.0. The number of aromatic nitrogens is 3. The van der Waals surface area contributed by atoms with Gasteiger partial charge in [0, 0.05) is 41.9 Å². The minimum Gasteiger partial charge on any atom is -0.361 e. The summed E-state index contributed by atoms with van der Waals surface area (Å²) in [7, 11) is 0. The minimum absolute atomic E-state index is 0.0190. The van der Waals surface area contributed by atoms with Gasteiger partial charge in [0.05, 0.1) is 11.3 Å². The Balaban J connectivity index is 1.43. The van der Waals surface area contributed by atoms with Crippen molar-refractivity contribution >= 4 is 16.8 Å². The molecule has 0 bridgehead atoms. The van der Waals surface area contributed by atoms with Crippen molar-refractivity contribution in [1.82, 2.24) is 19.9 Å². The van der Waals surface area contributed by atoms with Crippen LogP contribution in [0.25, 0.3) is 22.2 Å². The molecule has 0 unspecified atom stereocenters. The average molecular weight is 425 g/mol. The molecule has 4 aromatic rings. The quantitative estimate of drug-likeness (QED) is 0.436. The standard InChI is InChI=1S/C27H28N4O/c1-18-7-10-21(13-19(18)2)26-24(15-28-17-30-26)27(32)31(16-20-8-9-20)12-11-22-14-29-25-6-4-3-5-23(22)25/h3-7,10,13-15,17,20,29H,8-9,11-12,16H2,1-2H3. The second kappa shape index (κ2) is 8.58. The number of nitrogens with zero attached hydrogens (tertiary/aromatic N) is 3. The Labute approximate surface area is 188 Å². The molecule has 5 heteroatoms. The van der Waals surface area contributed by atoms with E-state index in [-0.39, 0.29) is 5.91 Å². The second-order valence-corrected chi connectivity index (χ2v) is 8.89. The average Bonchev–Trinajstić information content (AvgIpc) is 3.55. The van der Waals surface area contributed by atoms with Crippen LogP contribution in [0.5, 0.6) is 0 Å². The fourth-order valence-corrected chi connectivity index (χ4v) is 4.26. The van der Waals surface area contributed by atoms with Gasteiger partial charge in [-0.15, -0.1) is 0 Å². The van der Waals surface area contributed by atoms with Gasteiger partial charge < -0.3 is 9.88 Å². The lowest BCUT2D eigenvalue weighted by Crippen LogP contribution is -2.35. The number of aryl methyl sites for hydroxylation is 2. The van der Waals surface area contributed by atoms with Gasteiger partial charge in [0.25, 0.3) is 5.91 Å². The highest BCUT2D eigenvalue weighted by Gasteiger charge is 2.29. The van der Waals surface area contributed by atoms with Crippen LogP contribution in [0.1, 0.15) is 39.9 Å². The lowest BCUT2D eigenvalue weighted by Gasteiger charge is -2.23. The van der Waals surface area contributed by atoms with E-state index in [0.717, 1.165) is 24.0 Å². The van der Waals surface area contributed by atoms with Gasteiger partial charge in [-0.3, -0.25) is 4.79 Å². The van der Waals surface area contributed by atoms with E-state index in [1.807, 2.05) is 17.0 Å². The van der Waals surface area contributed by atoms with Crippen molar-refractivity contribution in [1.29, 1.82) is 0 Å². The van der Waals surface area contributed by atoms with Crippen LogP contribution in [0.3, 0.4) is 0 Å². The van der Waals surface area contributed by atoms with Crippen molar-refractivity contribution in [3.05, 3.63) is 83.4 Å². The predicted molar refractivity (Wildman–Crippen MR) is 128 cm³/mol. The zero-order valence-corrected chi connectivity index (χ0v) is 18.6. The Hall–Kier alpha value is -3.47. The normalized spacial score (nSPS) is 13.4. The summed E-state index contributed by atoms with van der Waals surface area (Å²) in [6.45, 7) is 5.65. The van der Waals surface area contributed by atoms with E-state index in [9.17, 15) is 4.79 Å². The van der Waals surface area contributed by atoms with Crippen molar-refractivity contribution in [2.75, 3.05) is 13.1 Å². The van der Waals surface area contributed by atoms with E-state index < -0.39 is 0 Å². The molecule has 162 valence electrons. The molecule has 0 saturated heterocycles. The zero-order valence-electron chi connectivity index (χ0n) is 18.6. The third-order valence-corrected chi connectivity index (χ3v) is 6.51. The number of rotatable bonds is 7. The van der Waals surface area contributed by atoms with E-state index in [1.54, 1.807) is 6.20 Å². The molecule has 2 aromatic carbocycles. The largest absolute Gasteiger partial charge is 0.361 e. The van der Waals surface area contributed by atoms with Crippen LogP contribution in [-0.4, -0.2) is 38.8 Å². The number of nitrogens with one attached hydrogen (secondary N) is 1. The SMILES string of the molecule is Cc1ccc(-c2ncncc2C(=O)N(CCc2c[nH]c3ccccc23)CC2CC2)cc1C. The Morgan fingerprint density at radius 1 is 1.12 bits per heavy atom. The maximum Gasteiger partial charge on any atom is 0.257 e. The Morgan fingerprint density at radius 3 is 2.78 bits per heavy atom. The van der Waals surface area contributed by atoms with E-state index in [0.29, 0.717) is 23.7 Å². The number of hydrogen-bond donors (Lipinski definition) is 1. The van der Waals surface area contributed by atoms with Gasteiger partial charge in [0.1, 0.15) is 6.33 Å². The summed E-state index contributed by atoms with van der Waals surface area (Å²) in [6.07, 6.45) is 8.48. The maximum atomic E-state index is 13.7. The number of fused-ring (bicyclic) bond motifs is 1. The molecule has 5 nitrogen and oxygen atoms in total. The first-order chi connectivity index (χ1) is 15.6. The number of aromatic amines is 1. The van der Waals surface area contributed by atoms with Crippen molar-refractivity contribution in [2.24, 2.45) is 5.92 Å². The number of para-hydroxylation sites is 1. The van der Waals surface area contributed by atoms with Gasteiger partial charge in [-0.05, 0) is 67.9 Å². The van der Waals surface area contributed by atoms with Crippen LogP contribution >= 0.6 is 0 Å². The molecule has 2 heterocycles. The summed E-state index contributed by atoms with van der Waals surface area (Å²) < 4.78 is 0. The summed E-state index contributed by atoms with van der Waals surface area (Å²) in [4.78, 5) is 27.8. The molecule has 5 rings (SSSR count). The van der Waals surface area contributed by atoms with Gasteiger partial charge in [0.15, 0.2) is 0 Å². The molecule has 0 atom stereocenters. The van der Waals surface area contributed by atoms with Gasteiger partial charge in [0.2, 0.25) is 0 Å². The van der Waals surface area contributed by atoms with Crippen LogP contribution in [-0.2, 0) is 6.42 Å². The molecule has 1 fully saturated rings. The molecule has 1 aliphatic carbocycles. The highest BCUT2D eigenvalue weighted by atomic mass is 16.2. The monoisotopic (exact) mass is 424 g/mol. The van der Waals surface area contributed by atoms with E-state index >= 15 is 0 Å². The van der Waals surface area contributed by atoms with Crippen molar-refractivity contribution in [3.63, 3.8) is 0 Å². The van der Waals surface area contributed by atoms with Gasteiger partial charge in [-0.25, -0.2) is 9.97 Å². The van der Waals surface area contributed by atoms with Crippen molar-refractivity contribution < 1.29 is 4.79 Å². The molecule has 0 radical (unpaired) electrons. The van der Waals surface area contributed by atoms with E-state index in [1.165, 1.54) is 41.2 Å². The molecule has 1 aliphatic rings. The van der Waals surface area contributed by atoms with Crippen molar-refractivity contribution in [2.45, 2.75) is 33.1 Å². The molecule has 0 aliphatic heterocycles. The smallest absolute Gasteiger partial charge is 0.257 e. The van der Waals surface area contributed by atoms with Crippen LogP contribution in [0.15, 0.2) is 61.2 Å². The van der Waals surface area contributed by atoms with Gasteiger partial charge in [-0.2, -0.15) is 0 Å². The highest BCUT2D eigenvalue weighted by molar-refractivity contribution is 5.99. The first kappa shape index (κ1) is 20.4. The number of amides is 1. The second-order valence-electron chi connectivity index (χ2n) is 8.89. The summed E-state index contributed by atoms with van der Waals surface area (Å²) in [5.74, 6) is 0.627. The number of carbonyl (C=O) groups is 1. The molecule has 1 N–H and O–H groups in total. The summed E-state index contributed by atoms with van der Waals surface area (Å²) in [5.41, 5.74) is 7.04. The maximum absolute atomic E-state index is 13.7. The number of carbonyl (C=O) groups excluding carboxylic acids is 1. The third-order valence-electron chi connectivity index (χ3n) is 6.51.